The Labute approximate surface area is 139 Å². The number of rotatable bonds is 2. The Hall–Kier alpha value is -2.88. The van der Waals surface area contributed by atoms with Gasteiger partial charge in [0.15, 0.2) is 11.0 Å². The first kappa shape index (κ1) is 16.0. The van der Waals surface area contributed by atoms with Crippen molar-refractivity contribution in [3.8, 4) is 11.3 Å². The van der Waals surface area contributed by atoms with Crippen LogP contribution in [0.5, 0.6) is 0 Å². The number of benzene rings is 2. The molecule has 3 rings (SSSR count). The summed E-state index contributed by atoms with van der Waals surface area (Å²) in [4.78, 5) is 24.5. The van der Waals surface area contributed by atoms with E-state index in [9.17, 15) is 9.59 Å². The molecule has 0 fully saturated rings. The zero-order valence-corrected chi connectivity index (χ0v) is 14.2. The molecule has 1 aromatic heterocycles. The van der Waals surface area contributed by atoms with Crippen molar-refractivity contribution in [2.24, 2.45) is 5.73 Å². The summed E-state index contributed by atoms with van der Waals surface area (Å²) in [5, 5.41) is 0.375. The van der Waals surface area contributed by atoms with Crippen molar-refractivity contribution >= 4 is 16.9 Å². The number of carbonyl (C=O) groups is 1. The maximum Gasteiger partial charge on any atom is 0.252 e. The molecule has 0 unspecified atom stereocenters. The number of nitrogens with two attached hydrogens (primary N) is 1. The summed E-state index contributed by atoms with van der Waals surface area (Å²) in [6, 6.07) is 9.05. The Bertz CT molecular complexity index is 1040. The minimum Gasteiger partial charge on any atom is -0.455 e. The Kier molecular flexibility index (Phi) is 3.76. The second kappa shape index (κ2) is 5.64. The summed E-state index contributed by atoms with van der Waals surface area (Å²) in [5.74, 6) is -0.164. The fraction of sp³-hybridized carbons (Fsp3) is 0.200. The minimum atomic E-state index is -0.596. The zero-order valence-electron chi connectivity index (χ0n) is 14.2. The summed E-state index contributed by atoms with van der Waals surface area (Å²) < 4.78 is 5.95. The van der Waals surface area contributed by atoms with E-state index in [0.29, 0.717) is 11.1 Å². The van der Waals surface area contributed by atoms with Crippen molar-refractivity contribution in [2.45, 2.75) is 27.7 Å². The van der Waals surface area contributed by atoms with Crippen LogP contribution >= 0.6 is 0 Å². The van der Waals surface area contributed by atoms with Crippen LogP contribution in [0.4, 0.5) is 0 Å². The fourth-order valence-electron chi connectivity index (χ4n) is 2.85. The number of primary amides is 1. The molecule has 0 aliphatic rings. The number of carbonyl (C=O) groups excluding carboxylic acids is 1. The van der Waals surface area contributed by atoms with E-state index >= 15 is 0 Å². The minimum absolute atomic E-state index is 0.185. The highest BCUT2D eigenvalue weighted by atomic mass is 16.3. The standard InChI is InChI=1S/C20H19NO3/c1-10-5-6-14(7-11(10)2)17-9-16(22)15-8-12(3)13(4)18(20(21)23)19(15)24-17/h5-9H,1-4H3,(H2,21,23). The van der Waals surface area contributed by atoms with Gasteiger partial charge >= 0.3 is 0 Å². The molecule has 0 aliphatic heterocycles. The fourth-order valence-corrected chi connectivity index (χ4v) is 2.85. The molecule has 0 saturated heterocycles. The molecule has 1 amide bonds. The van der Waals surface area contributed by atoms with Gasteiger partial charge in [-0.1, -0.05) is 12.1 Å². The quantitative estimate of drug-likeness (QED) is 0.780. The highest BCUT2D eigenvalue weighted by Crippen LogP contribution is 2.28. The third-order valence-electron chi connectivity index (χ3n) is 4.58. The van der Waals surface area contributed by atoms with E-state index in [1.165, 1.54) is 6.07 Å². The largest absolute Gasteiger partial charge is 0.455 e. The van der Waals surface area contributed by atoms with Gasteiger partial charge in [-0.15, -0.1) is 0 Å². The topological polar surface area (TPSA) is 73.3 Å². The molecule has 3 aromatic rings. The molecule has 0 aliphatic carbocycles. The smallest absolute Gasteiger partial charge is 0.252 e. The number of amides is 1. The molecule has 1 heterocycles. The van der Waals surface area contributed by atoms with E-state index in [1.807, 2.05) is 39.0 Å². The van der Waals surface area contributed by atoms with E-state index in [2.05, 4.69) is 0 Å². The Balaban J connectivity index is 2.39. The Morgan fingerprint density at radius 1 is 0.958 bits per heavy atom. The van der Waals surface area contributed by atoms with Crippen molar-refractivity contribution in [3.05, 3.63) is 68.4 Å². The molecular formula is C20H19NO3. The lowest BCUT2D eigenvalue weighted by Gasteiger charge is -2.11. The van der Waals surface area contributed by atoms with Crippen LogP contribution in [0.15, 0.2) is 39.5 Å². The van der Waals surface area contributed by atoms with Gasteiger partial charge in [0, 0.05) is 11.6 Å². The van der Waals surface area contributed by atoms with Gasteiger partial charge in [0.2, 0.25) is 0 Å². The van der Waals surface area contributed by atoms with Gasteiger partial charge in [-0.2, -0.15) is 0 Å². The Morgan fingerprint density at radius 3 is 2.29 bits per heavy atom. The molecule has 24 heavy (non-hydrogen) atoms. The van der Waals surface area contributed by atoms with E-state index in [1.54, 1.807) is 13.0 Å². The number of hydrogen-bond donors (Lipinski definition) is 1. The molecule has 122 valence electrons. The third kappa shape index (κ3) is 2.50. The molecule has 2 aromatic carbocycles. The van der Waals surface area contributed by atoms with Gasteiger partial charge in [0.25, 0.3) is 5.91 Å². The van der Waals surface area contributed by atoms with E-state index in [4.69, 9.17) is 10.2 Å². The molecule has 0 saturated carbocycles. The molecule has 0 spiro atoms. The van der Waals surface area contributed by atoms with Gasteiger partial charge in [-0.25, -0.2) is 0 Å². The maximum atomic E-state index is 12.6. The van der Waals surface area contributed by atoms with Crippen LogP contribution in [0.25, 0.3) is 22.3 Å². The van der Waals surface area contributed by atoms with Crippen LogP contribution < -0.4 is 11.2 Å². The lowest BCUT2D eigenvalue weighted by molar-refractivity contribution is 0.100. The molecular weight excluding hydrogens is 302 g/mol. The van der Waals surface area contributed by atoms with Gasteiger partial charge in [-0.3, -0.25) is 9.59 Å². The maximum absolute atomic E-state index is 12.6. The van der Waals surface area contributed by atoms with Crippen LogP contribution in [0.3, 0.4) is 0 Å². The number of aryl methyl sites for hydroxylation is 3. The summed E-state index contributed by atoms with van der Waals surface area (Å²) in [5.41, 5.74) is 10.5. The van der Waals surface area contributed by atoms with E-state index in [0.717, 1.165) is 27.8 Å². The summed E-state index contributed by atoms with van der Waals surface area (Å²) in [6.07, 6.45) is 0. The first-order chi connectivity index (χ1) is 11.3. The second-order valence-electron chi connectivity index (χ2n) is 6.21. The molecule has 0 radical (unpaired) electrons. The van der Waals surface area contributed by atoms with Crippen molar-refractivity contribution in [1.29, 1.82) is 0 Å². The van der Waals surface area contributed by atoms with Gasteiger partial charge in [-0.05, 0) is 62.1 Å². The molecule has 4 nitrogen and oxygen atoms in total. The van der Waals surface area contributed by atoms with Crippen LogP contribution in [0.1, 0.15) is 32.6 Å². The molecule has 4 heteroatoms. The predicted molar refractivity (Wildman–Crippen MR) is 95.4 cm³/mol. The molecule has 2 N–H and O–H groups in total. The van der Waals surface area contributed by atoms with Crippen LogP contribution in [-0.4, -0.2) is 5.91 Å². The lowest BCUT2D eigenvalue weighted by atomic mass is 9.98. The third-order valence-corrected chi connectivity index (χ3v) is 4.58. The van der Waals surface area contributed by atoms with E-state index in [-0.39, 0.29) is 16.6 Å². The number of fused-ring (bicyclic) bond motifs is 1. The summed E-state index contributed by atoms with van der Waals surface area (Å²) in [6.45, 7) is 7.67. The lowest BCUT2D eigenvalue weighted by Crippen LogP contribution is -2.16. The van der Waals surface area contributed by atoms with E-state index < -0.39 is 5.91 Å². The highest BCUT2D eigenvalue weighted by molar-refractivity contribution is 6.06. The highest BCUT2D eigenvalue weighted by Gasteiger charge is 2.18. The van der Waals surface area contributed by atoms with Crippen LogP contribution in [-0.2, 0) is 0 Å². The normalized spacial score (nSPS) is 11.0. The van der Waals surface area contributed by atoms with Gasteiger partial charge in [0.1, 0.15) is 5.76 Å². The first-order valence-electron chi connectivity index (χ1n) is 7.75. The van der Waals surface area contributed by atoms with Crippen molar-refractivity contribution in [3.63, 3.8) is 0 Å². The summed E-state index contributed by atoms with van der Waals surface area (Å²) >= 11 is 0. The van der Waals surface area contributed by atoms with Gasteiger partial charge in [0.05, 0.1) is 10.9 Å². The average Bonchev–Trinajstić information content (AvgIpc) is 2.51. The SMILES string of the molecule is Cc1ccc(-c2cc(=O)c3cc(C)c(C)c(C(N)=O)c3o2)cc1C. The number of hydrogen-bond acceptors (Lipinski definition) is 3. The van der Waals surface area contributed by atoms with Crippen LogP contribution in [0, 0.1) is 27.7 Å². The average molecular weight is 321 g/mol. The predicted octanol–water partition coefficient (Wildman–Crippen LogP) is 3.79. The molecule has 0 bridgehead atoms. The molecule has 0 atom stereocenters. The second-order valence-corrected chi connectivity index (χ2v) is 6.21. The van der Waals surface area contributed by atoms with Crippen LogP contribution in [0.2, 0.25) is 0 Å². The zero-order chi connectivity index (χ0) is 17.6. The Morgan fingerprint density at radius 2 is 1.67 bits per heavy atom. The summed E-state index contributed by atoms with van der Waals surface area (Å²) in [7, 11) is 0. The monoisotopic (exact) mass is 321 g/mol. The van der Waals surface area contributed by atoms with Gasteiger partial charge < -0.3 is 10.2 Å². The van der Waals surface area contributed by atoms with Crippen molar-refractivity contribution < 1.29 is 9.21 Å². The van der Waals surface area contributed by atoms with Crippen molar-refractivity contribution in [2.75, 3.05) is 0 Å². The first-order valence-corrected chi connectivity index (χ1v) is 7.75. The van der Waals surface area contributed by atoms with Crippen molar-refractivity contribution in [1.82, 2.24) is 0 Å².